The van der Waals surface area contributed by atoms with Crippen LogP contribution >= 0.6 is 0 Å². The van der Waals surface area contributed by atoms with Gasteiger partial charge in [-0.15, -0.1) is 0 Å². The van der Waals surface area contributed by atoms with Crippen molar-refractivity contribution in [1.82, 2.24) is 15.2 Å². The monoisotopic (exact) mass is 417 g/mol. The average Bonchev–Trinajstić information content (AvgIpc) is 2.81. The highest BCUT2D eigenvalue weighted by molar-refractivity contribution is 5.87. The molecule has 0 spiro atoms. The molecule has 0 saturated carbocycles. The zero-order chi connectivity index (χ0) is 22.1. The number of rotatable bonds is 9. The molecule has 0 fully saturated rings. The van der Waals surface area contributed by atoms with Crippen molar-refractivity contribution in [2.75, 3.05) is 7.11 Å². The molecule has 0 aliphatic carbocycles. The summed E-state index contributed by atoms with van der Waals surface area (Å²) in [6.07, 6.45) is 3.81. The summed E-state index contributed by atoms with van der Waals surface area (Å²) in [6, 6.07) is 20.3. The number of hydrogen-bond acceptors (Lipinski definition) is 4. The Labute approximate surface area is 182 Å². The lowest BCUT2D eigenvalue weighted by atomic mass is 10.0. The Balaban J connectivity index is 1.81. The largest absolute Gasteiger partial charge is 0.497 e. The van der Waals surface area contributed by atoms with Gasteiger partial charge in [0.1, 0.15) is 11.8 Å². The van der Waals surface area contributed by atoms with Crippen molar-refractivity contribution in [1.29, 1.82) is 0 Å². The number of nitrogens with one attached hydrogen (secondary N) is 1. The number of amides is 2. The molecule has 1 N–H and O–H groups in total. The van der Waals surface area contributed by atoms with Crippen LogP contribution in [0.4, 0.5) is 0 Å². The molecule has 1 atom stereocenters. The fourth-order valence-corrected chi connectivity index (χ4v) is 3.36. The number of ether oxygens (including phenoxy) is 1. The van der Waals surface area contributed by atoms with Gasteiger partial charge >= 0.3 is 0 Å². The normalized spacial score (nSPS) is 11.4. The van der Waals surface area contributed by atoms with Crippen molar-refractivity contribution in [3.8, 4) is 5.75 Å². The third-order valence-corrected chi connectivity index (χ3v) is 5.08. The minimum atomic E-state index is -0.635. The number of carbonyl (C=O) groups excluding carboxylic acids is 2. The molecule has 6 nitrogen and oxygen atoms in total. The van der Waals surface area contributed by atoms with E-state index < -0.39 is 6.04 Å². The number of benzene rings is 2. The van der Waals surface area contributed by atoms with E-state index in [1.165, 1.54) is 6.92 Å². The Morgan fingerprint density at radius 3 is 2.23 bits per heavy atom. The summed E-state index contributed by atoms with van der Waals surface area (Å²) >= 11 is 0. The average molecular weight is 418 g/mol. The number of pyridine rings is 1. The molecule has 1 heterocycles. The number of methoxy groups -OCH3 is 1. The fourth-order valence-electron chi connectivity index (χ4n) is 3.36. The minimum absolute atomic E-state index is 0.157. The molecule has 31 heavy (non-hydrogen) atoms. The topological polar surface area (TPSA) is 71.5 Å². The van der Waals surface area contributed by atoms with Gasteiger partial charge < -0.3 is 15.0 Å². The van der Waals surface area contributed by atoms with Crippen LogP contribution < -0.4 is 10.1 Å². The second-order valence-corrected chi connectivity index (χ2v) is 7.27. The van der Waals surface area contributed by atoms with Crippen molar-refractivity contribution < 1.29 is 14.3 Å². The van der Waals surface area contributed by atoms with Gasteiger partial charge in [0, 0.05) is 38.8 Å². The third-order valence-electron chi connectivity index (χ3n) is 5.08. The molecule has 0 aliphatic rings. The van der Waals surface area contributed by atoms with E-state index >= 15 is 0 Å². The van der Waals surface area contributed by atoms with E-state index in [1.807, 2.05) is 66.7 Å². The van der Waals surface area contributed by atoms with Crippen LogP contribution in [0.1, 0.15) is 23.6 Å². The van der Waals surface area contributed by atoms with E-state index in [0.717, 1.165) is 22.4 Å². The molecule has 0 radical (unpaired) electrons. The van der Waals surface area contributed by atoms with E-state index in [4.69, 9.17) is 4.74 Å². The number of carbonyl (C=O) groups is 2. The van der Waals surface area contributed by atoms with Gasteiger partial charge in [0.25, 0.3) is 0 Å². The highest BCUT2D eigenvalue weighted by Gasteiger charge is 2.28. The van der Waals surface area contributed by atoms with Gasteiger partial charge in [-0.2, -0.15) is 0 Å². The second kappa shape index (κ2) is 10.9. The molecule has 0 bridgehead atoms. The maximum Gasteiger partial charge on any atom is 0.243 e. The van der Waals surface area contributed by atoms with Gasteiger partial charge in [0.15, 0.2) is 0 Å². The van der Waals surface area contributed by atoms with E-state index in [9.17, 15) is 9.59 Å². The van der Waals surface area contributed by atoms with Gasteiger partial charge in [-0.1, -0.05) is 42.5 Å². The molecule has 1 unspecified atom stereocenters. The van der Waals surface area contributed by atoms with Crippen LogP contribution in [0.15, 0.2) is 79.1 Å². The first-order valence-corrected chi connectivity index (χ1v) is 10.2. The third kappa shape index (κ3) is 6.40. The number of nitrogens with zero attached hydrogens (tertiary/aromatic N) is 2. The maximum absolute atomic E-state index is 13.2. The van der Waals surface area contributed by atoms with Crippen LogP contribution in [-0.2, 0) is 29.1 Å². The van der Waals surface area contributed by atoms with Crippen LogP contribution in [0.2, 0.25) is 0 Å². The Hall–Kier alpha value is -3.67. The Bertz CT molecular complexity index is 976. The zero-order valence-corrected chi connectivity index (χ0v) is 17.8. The molecular formula is C25H27N3O3. The summed E-state index contributed by atoms with van der Waals surface area (Å²) in [4.78, 5) is 31.4. The van der Waals surface area contributed by atoms with Gasteiger partial charge in [-0.05, 0) is 41.0 Å². The zero-order valence-electron chi connectivity index (χ0n) is 17.8. The van der Waals surface area contributed by atoms with Crippen LogP contribution in [0.5, 0.6) is 5.75 Å². The van der Waals surface area contributed by atoms with E-state index in [1.54, 1.807) is 24.4 Å². The predicted octanol–water partition coefficient (Wildman–Crippen LogP) is 3.37. The quantitative estimate of drug-likeness (QED) is 0.580. The van der Waals surface area contributed by atoms with Crippen molar-refractivity contribution in [3.05, 3.63) is 95.8 Å². The van der Waals surface area contributed by atoms with Crippen LogP contribution in [-0.4, -0.2) is 34.8 Å². The molecule has 3 aromatic rings. The molecule has 0 saturated heterocycles. The van der Waals surface area contributed by atoms with Gasteiger partial charge in [-0.25, -0.2) is 0 Å². The summed E-state index contributed by atoms with van der Waals surface area (Å²) in [6.45, 7) is 2.21. The van der Waals surface area contributed by atoms with Crippen molar-refractivity contribution in [2.45, 2.75) is 32.5 Å². The minimum Gasteiger partial charge on any atom is -0.497 e. The maximum atomic E-state index is 13.2. The van der Waals surface area contributed by atoms with E-state index in [2.05, 4.69) is 10.3 Å². The molecule has 6 heteroatoms. The van der Waals surface area contributed by atoms with Crippen LogP contribution in [0, 0.1) is 0 Å². The smallest absolute Gasteiger partial charge is 0.243 e. The first-order valence-electron chi connectivity index (χ1n) is 10.2. The van der Waals surface area contributed by atoms with E-state index in [-0.39, 0.29) is 11.8 Å². The highest BCUT2D eigenvalue weighted by atomic mass is 16.5. The molecule has 2 amide bonds. The summed E-state index contributed by atoms with van der Waals surface area (Å²) in [5.74, 6) is 0.397. The van der Waals surface area contributed by atoms with Gasteiger partial charge in [0.05, 0.1) is 7.11 Å². The SMILES string of the molecule is COc1ccc(CN(C(C)=O)C(Cc2ccccc2)C(=O)NCc2ccncc2)cc1. The summed E-state index contributed by atoms with van der Waals surface area (Å²) < 4.78 is 5.21. The molecule has 3 rings (SSSR count). The van der Waals surface area contributed by atoms with Gasteiger partial charge in [-0.3, -0.25) is 14.6 Å². The fraction of sp³-hybridized carbons (Fsp3) is 0.240. The molecule has 160 valence electrons. The Morgan fingerprint density at radius 1 is 0.935 bits per heavy atom. The van der Waals surface area contributed by atoms with Crippen LogP contribution in [0.25, 0.3) is 0 Å². The summed E-state index contributed by atoms with van der Waals surface area (Å²) in [5, 5.41) is 2.98. The lowest BCUT2D eigenvalue weighted by molar-refractivity contribution is -0.139. The lowest BCUT2D eigenvalue weighted by Crippen LogP contribution is -2.49. The van der Waals surface area contributed by atoms with Crippen molar-refractivity contribution in [3.63, 3.8) is 0 Å². The summed E-state index contributed by atoms with van der Waals surface area (Å²) in [7, 11) is 1.61. The Kier molecular flexibility index (Phi) is 7.76. The number of hydrogen-bond donors (Lipinski definition) is 1. The molecular weight excluding hydrogens is 390 g/mol. The van der Waals surface area contributed by atoms with Crippen LogP contribution in [0.3, 0.4) is 0 Å². The number of aromatic nitrogens is 1. The van der Waals surface area contributed by atoms with Crippen molar-refractivity contribution >= 4 is 11.8 Å². The molecule has 1 aromatic heterocycles. The summed E-state index contributed by atoms with van der Waals surface area (Å²) in [5.41, 5.74) is 2.87. The first kappa shape index (κ1) is 22.0. The second-order valence-electron chi connectivity index (χ2n) is 7.27. The highest BCUT2D eigenvalue weighted by Crippen LogP contribution is 2.17. The first-order chi connectivity index (χ1) is 15.1. The van der Waals surface area contributed by atoms with Gasteiger partial charge in [0.2, 0.25) is 11.8 Å². The lowest BCUT2D eigenvalue weighted by Gasteiger charge is -2.30. The molecule has 2 aromatic carbocycles. The molecule has 0 aliphatic heterocycles. The predicted molar refractivity (Wildman–Crippen MR) is 119 cm³/mol. The van der Waals surface area contributed by atoms with E-state index in [0.29, 0.717) is 19.5 Å². The standard InChI is InChI=1S/C25H27N3O3/c1-19(29)28(18-22-8-10-23(31-2)11-9-22)24(16-20-6-4-3-5-7-20)25(30)27-17-21-12-14-26-15-13-21/h3-15,24H,16-18H2,1-2H3,(H,27,30). The van der Waals surface area contributed by atoms with Crippen molar-refractivity contribution in [2.24, 2.45) is 0 Å². The Morgan fingerprint density at radius 2 is 1.61 bits per heavy atom.